The minimum atomic E-state index is -0.476. The summed E-state index contributed by atoms with van der Waals surface area (Å²) >= 11 is 1.58. The molecule has 2 amide bonds. The topological polar surface area (TPSA) is 77.3 Å². The number of aromatic nitrogens is 1. The molecule has 1 aromatic carbocycles. The minimum absolute atomic E-state index is 0.0507. The van der Waals surface area contributed by atoms with Gasteiger partial charge in [0.15, 0.2) is 5.13 Å². The van der Waals surface area contributed by atoms with Crippen LogP contribution in [0.5, 0.6) is 0 Å². The van der Waals surface area contributed by atoms with Crippen molar-refractivity contribution in [1.82, 2.24) is 9.88 Å². The van der Waals surface area contributed by atoms with Gasteiger partial charge in [0.05, 0.1) is 10.6 Å². The molecule has 214 valence electrons. The Hall–Kier alpha value is -3.24. The highest BCUT2D eigenvalue weighted by Crippen LogP contribution is 2.37. The Labute approximate surface area is 244 Å². The molecule has 2 heterocycles. The monoisotopic (exact) mass is 560 g/mol. The van der Waals surface area contributed by atoms with Crippen LogP contribution < -0.4 is 4.90 Å². The number of benzene rings is 1. The maximum absolute atomic E-state index is 13.9. The lowest BCUT2D eigenvalue weighted by atomic mass is 9.92. The second-order valence-electron chi connectivity index (χ2n) is 10.6. The van der Waals surface area contributed by atoms with Crippen molar-refractivity contribution in [3.8, 4) is 17.3 Å². The molecule has 0 bridgehead atoms. The lowest BCUT2D eigenvalue weighted by Crippen LogP contribution is -2.45. The number of carbonyl (C=O) groups is 2. The third-order valence-electron chi connectivity index (χ3n) is 7.61. The van der Waals surface area contributed by atoms with Crippen LogP contribution in [0.25, 0.3) is 17.3 Å². The van der Waals surface area contributed by atoms with Crippen LogP contribution in [0, 0.1) is 17.2 Å². The number of amides is 2. The van der Waals surface area contributed by atoms with E-state index in [1.807, 2.05) is 36.4 Å². The summed E-state index contributed by atoms with van der Waals surface area (Å²) < 4.78 is 0. The minimum Gasteiger partial charge on any atom is -0.348 e. The van der Waals surface area contributed by atoms with Crippen molar-refractivity contribution in [2.24, 2.45) is 5.92 Å². The highest BCUT2D eigenvalue weighted by molar-refractivity contribution is 7.17. The van der Waals surface area contributed by atoms with E-state index in [4.69, 9.17) is 4.98 Å². The zero-order valence-corrected chi connectivity index (χ0v) is 25.6. The van der Waals surface area contributed by atoms with Gasteiger partial charge in [0.2, 0.25) is 0 Å². The van der Waals surface area contributed by atoms with Crippen LogP contribution in [-0.2, 0) is 9.59 Å². The molecule has 0 aliphatic carbocycles. The van der Waals surface area contributed by atoms with E-state index in [0.717, 1.165) is 85.7 Å². The van der Waals surface area contributed by atoms with Crippen LogP contribution >= 0.6 is 11.3 Å². The fourth-order valence-electron chi connectivity index (χ4n) is 4.96. The van der Waals surface area contributed by atoms with Gasteiger partial charge in [0, 0.05) is 30.8 Å². The van der Waals surface area contributed by atoms with Crippen molar-refractivity contribution in [3.05, 3.63) is 51.9 Å². The molecule has 0 fully saturated rings. The van der Waals surface area contributed by atoms with E-state index in [-0.39, 0.29) is 17.4 Å². The number of thiazole rings is 1. The van der Waals surface area contributed by atoms with E-state index in [1.54, 1.807) is 18.3 Å². The number of nitriles is 1. The van der Waals surface area contributed by atoms with Crippen molar-refractivity contribution in [1.29, 1.82) is 5.26 Å². The second kappa shape index (κ2) is 15.5. The molecule has 0 N–H and O–H groups in total. The molecule has 6 nitrogen and oxygen atoms in total. The van der Waals surface area contributed by atoms with E-state index in [1.165, 1.54) is 4.90 Å². The largest absolute Gasteiger partial charge is 0.348 e. The first kappa shape index (κ1) is 31.3. The second-order valence-corrected chi connectivity index (χ2v) is 11.6. The van der Waals surface area contributed by atoms with Crippen LogP contribution in [-0.4, -0.2) is 41.3 Å². The lowest BCUT2D eigenvalue weighted by molar-refractivity contribution is -0.141. The van der Waals surface area contributed by atoms with Crippen LogP contribution in [0.4, 0.5) is 5.13 Å². The fourth-order valence-corrected chi connectivity index (χ4v) is 6.04. The number of anilines is 1. The van der Waals surface area contributed by atoms with Gasteiger partial charge in [0.25, 0.3) is 11.8 Å². The predicted molar refractivity (Wildman–Crippen MR) is 166 cm³/mol. The van der Waals surface area contributed by atoms with Crippen molar-refractivity contribution in [3.63, 3.8) is 0 Å². The van der Waals surface area contributed by atoms with Gasteiger partial charge in [-0.05, 0) is 43.8 Å². The molecule has 1 atom stereocenters. The summed E-state index contributed by atoms with van der Waals surface area (Å²) in [6.45, 7) is 12.5. The van der Waals surface area contributed by atoms with Crippen molar-refractivity contribution < 1.29 is 9.59 Å². The summed E-state index contributed by atoms with van der Waals surface area (Å²) in [5.74, 6) is -0.581. The number of carbonyl (C=O) groups excluding carboxylic acids is 2. The smallest absolute Gasteiger partial charge is 0.271 e. The van der Waals surface area contributed by atoms with Gasteiger partial charge in [-0.1, -0.05) is 101 Å². The van der Waals surface area contributed by atoms with Gasteiger partial charge in [-0.2, -0.15) is 5.26 Å². The highest BCUT2D eigenvalue weighted by atomic mass is 32.1. The molecule has 0 spiro atoms. The van der Waals surface area contributed by atoms with Crippen molar-refractivity contribution in [2.75, 3.05) is 24.5 Å². The quantitative estimate of drug-likeness (QED) is 0.163. The lowest BCUT2D eigenvalue weighted by Gasteiger charge is -2.30. The average Bonchev–Trinajstić information content (AvgIpc) is 3.39. The number of hydrogen-bond acceptors (Lipinski definition) is 6. The Morgan fingerprint density at radius 1 is 1.00 bits per heavy atom. The molecular formula is C33H44N4O2S. The number of hydrogen-bond donors (Lipinski definition) is 0. The summed E-state index contributed by atoms with van der Waals surface area (Å²) in [7, 11) is 0. The highest BCUT2D eigenvalue weighted by Gasteiger charge is 2.36. The Bertz CT molecular complexity index is 1250. The molecule has 0 saturated heterocycles. The number of unbranched alkanes of at least 4 members (excludes halogenated alkanes) is 3. The number of imide groups is 1. The first-order valence-corrected chi connectivity index (χ1v) is 15.7. The van der Waals surface area contributed by atoms with Gasteiger partial charge in [-0.25, -0.2) is 4.98 Å². The fraction of sp³-hybridized carbons (Fsp3) is 0.515. The van der Waals surface area contributed by atoms with E-state index >= 15 is 0 Å². The first-order chi connectivity index (χ1) is 19.4. The number of rotatable bonds is 15. The standard InChI is InChI=1S/C33H44N4O2S/c1-6-10-16-25(9-4)23-37-31(38)27(24(5)28(22-34)32(37)39)21-29-30(26-17-14-13-15-18-26)35-33(40-29)36(19-11-7-2)20-12-8-3/h13-15,17-18,21,25H,6-12,16,19-20,23H2,1-5H3/b27-21-. The summed E-state index contributed by atoms with van der Waals surface area (Å²) in [6, 6.07) is 12.1. The van der Waals surface area contributed by atoms with Gasteiger partial charge in [-0.15, -0.1) is 0 Å². The first-order valence-electron chi connectivity index (χ1n) is 14.9. The molecule has 1 aromatic heterocycles. The molecule has 2 aromatic rings. The van der Waals surface area contributed by atoms with E-state index in [2.05, 4.69) is 38.7 Å². The summed E-state index contributed by atoms with van der Waals surface area (Å²) in [6.07, 6.45) is 10.2. The molecular weight excluding hydrogens is 516 g/mol. The van der Waals surface area contributed by atoms with Crippen molar-refractivity contribution in [2.45, 2.75) is 86.0 Å². The SMILES string of the molecule is CCCCC(CC)CN1C(=O)C(C#N)=C(C)/C(=C/c2sc(N(CCCC)CCCC)nc2-c2ccccc2)C1=O. The van der Waals surface area contributed by atoms with E-state index in [0.29, 0.717) is 17.7 Å². The van der Waals surface area contributed by atoms with E-state index in [9.17, 15) is 14.9 Å². The predicted octanol–water partition coefficient (Wildman–Crippen LogP) is 8.03. The molecule has 1 aliphatic rings. The molecule has 3 rings (SSSR count). The molecule has 0 saturated carbocycles. The third-order valence-corrected chi connectivity index (χ3v) is 8.67. The third kappa shape index (κ3) is 7.48. The van der Waals surface area contributed by atoms with Crippen molar-refractivity contribution >= 4 is 34.4 Å². The number of nitrogens with zero attached hydrogens (tertiary/aromatic N) is 4. The molecule has 40 heavy (non-hydrogen) atoms. The summed E-state index contributed by atoms with van der Waals surface area (Å²) in [5, 5.41) is 10.9. The van der Waals surface area contributed by atoms with Gasteiger partial charge in [0.1, 0.15) is 11.6 Å². The summed E-state index contributed by atoms with van der Waals surface area (Å²) in [5.41, 5.74) is 2.70. The molecule has 1 unspecified atom stereocenters. The molecule has 1 aliphatic heterocycles. The van der Waals surface area contributed by atoms with Crippen LogP contribution in [0.3, 0.4) is 0 Å². The zero-order chi connectivity index (χ0) is 29.1. The van der Waals surface area contributed by atoms with Crippen LogP contribution in [0.2, 0.25) is 0 Å². The maximum Gasteiger partial charge on any atom is 0.271 e. The van der Waals surface area contributed by atoms with Gasteiger partial charge in [-0.3, -0.25) is 14.5 Å². The summed E-state index contributed by atoms with van der Waals surface area (Å²) in [4.78, 5) is 36.8. The Morgan fingerprint density at radius 2 is 1.65 bits per heavy atom. The van der Waals surface area contributed by atoms with Crippen LogP contribution in [0.15, 0.2) is 47.1 Å². The van der Waals surface area contributed by atoms with Gasteiger partial charge < -0.3 is 4.90 Å². The molecule has 0 radical (unpaired) electrons. The zero-order valence-electron chi connectivity index (χ0n) is 24.8. The maximum atomic E-state index is 13.9. The Kier molecular flexibility index (Phi) is 12.1. The average molecular weight is 561 g/mol. The normalized spacial score (nSPS) is 15.6. The van der Waals surface area contributed by atoms with E-state index < -0.39 is 5.91 Å². The Balaban J connectivity index is 2.12. The molecule has 7 heteroatoms. The Morgan fingerprint density at radius 3 is 2.23 bits per heavy atom. The van der Waals surface area contributed by atoms with Crippen LogP contribution in [0.1, 0.15) is 90.9 Å². The van der Waals surface area contributed by atoms with Gasteiger partial charge >= 0.3 is 0 Å².